The van der Waals surface area contributed by atoms with E-state index in [2.05, 4.69) is 18.8 Å². The highest BCUT2D eigenvalue weighted by Crippen LogP contribution is 2.00. The van der Waals surface area contributed by atoms with E-state index in [1.807, 2.05) is 0 Å². The molecule has 0 fully saturated rings. The first-order valence-electron chi connectivity index (χ1n) is 5.32. The van der Waals surface area contributed by atoms with E-state index in [9.17, 15) is 9.59 Å². The minimum absolute atomic E-state index is 0.291. The summed E-state index contributed by atoms with van der Waals surface area (Å²) in [6, 6.07) is 0. The first kappa shape index (κ1) is 13.7. The van der Waals surface area contributed by atoms with E-state index < -0.39 is 11.9 Å². The van der Waals surface area contributed by atoms with Crippen molar-refractivity contribution in [3.8, 4) is 11.8 Å². The van der Waals surface area contributed by atoms with Crippen molar-refractivity contribution in [2.45, 2.75) is 40.0 Å². The second-order valence-electron chi connectivity index (χ2n) is 3.24. The molecule has 0 aromatic heterocycles. The molecule has 3 heteroatoms. The highest BCUT2D eigenvalue weighted by atomic mass is 16.5. The van der Waals surface area contributed by atoms with Gasteiger partial charge in [0.2, 0.25) is 5.78 Å². The summed E-state index contributed by atoms with van der Waals surface area (Å²) in [6.07, 6.45) is 2.74. The van der Waals surface area contributed by atoms with Gasteiger partial charge in [-0.15, -0.1) is 0 Å². The molecule has 0 saturated carbocycles. The Morgan fingerprint density at radius 1 is 1.33 bits per heavy atom. The molecule has 0 heterocycles. The molecule has 0 spiro atoms. The lowest BCUT2D eigenvalue weighted by molar-refractivity contribution is -0.149. The van der Waals surface area contributed by atoms with Gasteiger partial charge < -0.3 is 4.74 Å². The highest BCUT2D eigenvalue weighted by molar-refractivity contribution is 6.08. The number of hydrogen-bond acceptors (Lipinski definition) is 3. The van der Waals surface area contributed by atoms with Gasteiger partial charge in [-0.2, -0.15) is 0 Å². The van der Waals surface area contributed by atoms with E-state index in [4.69, 9.17) is 4.74 Å². The third-order valence-corrected chi connectivity index (χ3v) is 1.90. The molecule has 0 aliphatic carbocycles. The van der Waals surface area contributed by atoms with Crippen molar-refractivity contribution in [1.29, 1.82) is 0 Å². The molecule has 0 aromatic rings. The Kier molecular flexibility index (Phi) is 7.35. The maximum atomic E-state index is 11.3. The molecule has 15 heavy (non-hydrogen) atoms. The number of ketones is 1. The maximum absolute atomic E-state index is 11.3. The summed E-state index contributed by atoms with van der Waals surface area (Å²) in [7, 11) is 0. The van der Waals surface area contributed by atoms with E-state index in [0.29, 0.717) is 13.0 Å². The minimum atomic E-state index is -0.765. The zero-order valence-electron chi connectivity index (χ0n) is 9.63. The molecule has 0 rings (SSSR count). The van der Waals surface area contributed by atoms with Crippen LogP contribution in [0.4, 0.5) is 0 Å². The van der Waals surface area contributed by atoms with E-state index in [-0.39, 0.29) is 5.78 Å². The zero-order valence-corrected chi connectivity index (χ0v) is 9.63. The van der Waals surface area contributed by atoms with Crippen molar-refractivity contribution in [1.82, 2.24) is 0 Å². The second kappa shape index (κ2) is 8.05. The smallest absolute Gasteiger partial charge is 0.317 e. The van der Waals surface area contributed by atoms with Crippen LogP contribution in [0, 0.1) is 17.8 Å². The van der Waals surface area contributed by atoms with Gasteiger partial charge in [-0.05, 0) is 26.2 Å². The molecule has 84 valence electrons. The van der Waals surface area contributed by atoms with Gasteiger partial charge in [0.1, 0.15) is 5.92 Å². The first-order valence-corrected chi connectivity index (χ1v) is 5.32. The van der Waals surface area contributed by atoms with Gasteiger partial charge in [-0.1, -0.05) is 19.3 Å². The number of unbranched alkanes of at least 4 members (excludes halogenated alkanes) is 2. The molecule has 1 atom stereocenters. The summed E-state index contributed by atoms with van der Waals surface area (Å²) in [5.41, 5.74) is 0. The summed E-state index contributed by atoms with van der Waals surface area (Å²) < 4.78 is 4.72. The van der Waals surface area contributed by atoms with Crippen LogP contribution in [-0.2, 0) is 14.3 Å². The number of rotatable bonds is 5. The predicted molar refractivity (Wildman–Crippen MR) is 58.1 cm³/mol. The Labute approximate surface area is 91.2 Å². The summed E-state index contributed by atoms with van der Waals surface area (Å²) in [5.74, 6) is 3.61. The Bertz CT molecular complexity index is 270. The summed E-state index contributed by atoms with van der Waals surface area (Å²) in [5, 5.41) is 0. The van der Waals surface area contributed by atoms with Crippen molar-refractivity contribution in [2.75, 3.05) is 6.61 Å². The fraction of sp³-hybridized carbons (Fsp3) is 0.667. The van der Waals surface area contributed by atoms with Gasteiger partial charge in [0.25, 0.3) is 0 Å². The van der Waals surface area contributed by atoms with Gasteiger partial charge in [0.05, 0.1) is 6.61 Å². The molecular formula is C12H18O3. The van der Waals surface area contributed by atoms with Crippen LogP contribution in [0.15, 0.2) is 0 Å². The van der Waals surface area contributed by atoms with Gasteiger partial charge in [-0.3, -0.25) is 9.59 Å². The van der Waals surface area contributed by atoms with Gasteiger partial charge in [-0.25, -0.2) is 0 Å². The third kappa shape index (κ3) is 5.90. The quantitative estimate of drug-likeness (QED) is 0.229. The first-order chi connectivity index (χ1) is 7.13. The SMILES string of the molecule is CCCCC#CC(=O)C(C)C(=O)OCC. The lowest BCUT2D eigenvalue weighted by Crippen LogP contribution is -2.22. The van der Waals surface area contributed by atoms with Crippen LogP contribution in [0.25, 0.3) is 0 Å². The second-order valence-corrected chi connectivity index (χ2v) is 3.24. The molecule has 0 bridgehead atoms. The van der Waals surface area contributed by atoms with Crippen LogP contribution in [0.2, 0.25) is 0 Å². The topological polar surface area (TPSA) is 43.4 Å². The summed E-state index contributed by atoms with van der Waals surface area (Å²) in [4.78, 5) is 22.5. The molecule has 0 radical (unpaired) electrons. The lowest BCUT2D eigenvalue weighted by Gasteiger charge is -2.04. The number of ether oxygens (including phenoxy) is 1. The van der Waals surface area contributed by atoms with Gasteiger partial charge >= 0.3 is 5.97 Å². The monoisotopic (exact) mass is 210 g/mol. The van der Waals surface area contributed by atoms with Crippen LogP contribution >= 0.6 is 0 Å². The Hall–Kier alpha value is -1.30. The van der Waals surface area contributed by atoms with Crippen molar-refractivity contribution in [3.63, 3.8) is 0 Å². The van der Waals surface area contributed by atoms with Crippen molar-refractivity contribution in [2.24, 2.45) is 5.92 Å². The molecule has 1 unspecified atom stereocenters. The van der Waals surface area contributed by atoms with E-state index >= 15 is 0 Å². The molecule has 0 saturated heterocycles. The maximum Gasteiger partial charge on any atom is 0.317 e. The largest absolute Gasteiger partial charge is 0.465 e. The molecule has 0 aromatic carbocycles. The molecule has 0 N–H and O–H groups in total. The highest BCUT2D eigenvalue weighted by Gasteiger charge is 2.20. The van der Waals surface area contributed by atoms with Gasteiger partial charge in [0.15, 0.2) is 0 Å². The Morgan fingerprint density at radius 3 is 2.53 bits per heavy atom. The van der Waals surface area contributed by atoms with E-state index in [1.54, 1.807) is 6.92 Å². The van der Waals surface area contributed by atoms with Crippen LogP contribution in [0.5, 0.6) is 0 Å². The van der Waals surface area contributed by atoms with Crippen LogP contribution in [-0.4, -0.2) is 18.4 Å². The number of Topliss-reactive ketones (excluding diaryl/α,β-unsaturated/α-hetero) is 1. The average Bonchev–Trinajstić information content (AvgIpc) is 2.23. The number of carbonyl (C=O) groups excluding carboxylic acids is 2. The molecule has 3 nitrogen and oxygen atoms in total. The third-order valence-electron chi connectivity index (χ3n) is 1.90. The molecule has 0 amide bonds. The van der Waals surface area contributed by atoms with Crippen LogP contribution in [0.1, 0.15) is 40.0 Å². The van der Waals surface area contributed by atoms with Gasteiger partial charge in [0, 0.05) is 6.42 Å². The van der Waals surface area contributed by atoms with Crippen molar-refractivity contribution in [3.05, 3.63) is 0 Å². The molecular weight excluding hydrogens is 192 g/mol. The van der Waals surface area contributed by atoms with E-state index in [0.717, 1.165) is 12.8 Å². The normalized spacial score (nSPS) is 11.1. The van der Waals surface area contributed by atoms with Crippen molar-refractivity contribution < 1.29 is 14.3 Å². The zero-order chi connectivity index (χ0) is 11.7. The average molecular weight is 210 g/mol. The Morgan fingerprint density at radius 2 is 2.00 bits per heavy atom. The van der Waals surface area contributed by atoms with E-state index in [1.165, 1.54) is 6.92 Å². The fourth-order valence-electron chi connectivity index (χ4n) is 0.897. The predicted octanol–water partition coefficient (Wildman–Crippen LogP) is 1.95. The number of esters is 1. The molecule has 0 aliphatic rings. The standard InChI is InChI=1S/C12H18O3/c1-4-6-7-8-9-11(13)10(3)12(14)15-5-2/h10H,4-7H2,1-3H3. The van der Waals surface area contributed by atoms with Crippen LogP contribution in [0.3, 0.4) is 0 Å². The minimum Gasteiger partial charge on any atom is -0.465 e. The fourth-order valence-corrected chi connectivity index (χ4v) is 0.897. The summed E-state index contributed by atoms with van der Waals surface area (Å²) in [6.45, 7) is 5.58. The van der Waals surface area contributed by atoms with Crippen molar-refractivity contribution >= 4 is 11.8 Å². The Balaban J connectivity index is 4.07. The number of hydrogen-bond donors (Lipinski definition) is 0. The summed E-state index contributed by atoms with van der Waals surface area (Å²) >= 11 is 0. The van der Waals surface area contributed by atoms with Crippen LogP contribution < -0.4 is 0 Å². The lowest BCUT2D eigenvalue weighted by atomic mass is 10.1. The molecule has 0 aliphatic heterocycles. The number of carbonyl (C=O) groups is 2.